The predicted octanol–water partition coefficient (Wildman–Crippen LogP) is 4.66. The van der Waals surface area contributed by atoms with Crippen molar-refractivity contribution in [1.29, 1.82) is 0 Å². The summed E-state index contributed by atoms with van der Waals surface area (Å²) in [6.07, 6.45) is 1.76. The summed E-state index contributed by atoms with van der Waals surface area (Å²) in [5.41, 5.74) is 5.54. The Morgan fingerprint density at radius 2 is 1.86 bits per heavy atom. The van der Waals surface area contributed by atoms with Crippen LogP contribution in [-0.4, -0.2) is 32.1 Å². The van der Waals surface area contributed by atoms with Gasteiger partial charge in [0.25, 0.3) is 5.91 Å². The van der Waals surface area contributed by atoms with Gasteiger partial charge < -0.3 is 4.57 Å². The Hall–Kier alpha value is -2.45. The number of nitrogens with zero attached hydrogens (tertiary/aromatic N) is 4. The standard InChI is InChI=1S/C21H22BrN5OS/c1-3-7-18(15-8-5-4-6-9-15)23-24-19(28)14-29-21-26-25-20(27(21)2)16-10-12-17(22)13-11-16/h4-6,8-13H,3,7,14H2,1-2H3,(H,24,28). The van der Waals surface area contributed by atoms with Gasteiger partial charge in [0.1, 0.15) is 0 Å². The molecule has 0 saturated heterocycles. The summed E-state index contributed by atoms with van der Waals surface area (Å²) in [5.74, 6) is 0.796. The predicted molar refractivity (Wildman–Crippen MR) is 121 cm³/mol. The molecule has 0 aliphatic carbocycles. The molecule has 1 heterocycles. The molecule has 0 aliphatic heterocycles. The van der Waals surface area contributed by atoms with Crippen molar-refractivity contribution < 1.29 is 4.79 Å². The number of hydrogen-bond donors (Lipinski definition) is 1. The van der Waals surface area contributed by atoms with E-state index in [0.29, 0.717) is 5.16 Å². The summed E-state index contributed by atoms with van der Waals surface area (Å²) >= 11 is 4.76. The van der Waals surface area contributed by atoms with E-state index < -0.39 is 0 Å². The van der Waals surface area contributed by atoms with E-state index in [2.05, 4.69) is 43.6 Å². The topological polar surface area (TPSA) is 72.2 Å². The van der Waals surface area contributed by atoms with Gasteiger partial charge in [-0.05, 0) is 24.1 Å². The van der Waals surface area contributed by atoms with Crippen LogP contribution in [0.2, 0.25) is 0 Å². The smallest absolute Gasteiger partial charge is 0.250 e. The van der Waals surface area contributed by atoms with Crippen LogP contribution in [0.3, 0.4) is 0 Å². The fourth-order valence-electron chi connectivity index (χ4n) is 2.72. The van der Waals surface area contributed by atoms with E-state index in [1.807, 2.05) is 66.2 Å². The molecule has 1 amide bonds. The monoisotopic (exact) mass is 471 g/mol. The van der Waals surface area contributed by atoms with Crippen LogP contribution in [0.5, 0.6) is 0 Å². The average molecular weight is 472 g/mol. The zero-order valence-electron chi connectivity index (χ0n) is 16.3. The highest BCUT2D eigenvalue weighted by Gasteiger charge is 2.13. The van der Waals surface area contributed by atoms with Gasteiger partial charge in [0.2, 0.25) is 0 Å². The van der Waals surface area contributed by atoms with Crippen molar-refractivity contribution in [1.82, 2.24) is 20.2 Å². The van der Waals surface area contributed by atoms with Gasteiger partial charge >= 0.3 is 0 Å². The van der Waals surface area contributed by atoms with Gasteiger partial charge in [0.05, 0.1) is 11.5 Å². The van der Waals surface area contributed by atoms with Crippen molar-refractivity contribution in [2.45, 2.75) is 24.9 Å². The second-order valence-electron chi connectivity index (χ2n) is 6.37. The molecule has 150 valence electrons. The molecule has 0 fully saturated rings. The molecule has 1 aromatic heterocycles. The highest BCUT2D eigenvalue weighted by molar-refractivity contribution is 9.10. The zero-order valence-corrected chi connectivity index (χ0v) is 18.7. The number of aromatic nitrogens is 3. The van der Waals surface area contributed by atoms with Gasteiger partial charge in [-0.2, -0.15) is 5.10 Å². The SMILES string of the molecule is CCCC(=NNC(=O)CSc1nnc(-c2ccc(Br)cc2)n1C)c1ccccc1. The highest BCUT2D eigenvalue weighted by atomic mass is 79.9. The van der Waals surface area contributed by atoms with Crippen molar-refractivity contribution in [3.8, 4) is 11.4 Å². The summed E-state index contributed by atoms with van der Waals surface area (Å²) in [4.78, 5) is 12.3. The maximum atomic E-state index is 12.3. The van der Waals surface area contributed by atoms with Crippen molar-refractivity contribution in [3.05, 3.63) is 64.6 Å². The Labute approximate surface area is 182 Å². The second kappa shape index (κ2) is 10.4. The number of hydrazone groups is 1. The molecule has 29 heavy (non-hydrogen) atoms. The Bertz CT molecular complexity index is 986. The number of thioether (sulfide) groups is 1. The maximum absolute atomic E-state index is 12.3. The van der Waals surface area contributed by atoms with Gasteiger partial charge in [0, 0.05) is 17.1 Å². The minimum atomic E-state index is -0.173. The molecule has 1 N–H and O–H groups in total. The first-order chi connectivity index (χ1) is 14.1. The summed E-state index contributed by atoms with van der Waals surface area (Å²) in [6, 6.07) is 17.8. The van der Waals surface area contributed by atoms with Crippen molar-refractivity contribution in [2.24, 2.45) is 12.1 Å². The molecule has 0 bridgehead atoms. The third-order valence-electron chi connectivity index (χ3n) is 4.18. The normalized spacial score (nSPS) is 11.5. The van der Waals surface area contributed by atoms with Crippen molar-refractivity contribution >= 4 is 39.3 Å². The molecule has 0 atom stereocenters. The number of nitrogens with one attached hydrogen (secondary N) is 1. The molecule has 0 aliphatic rings. The van der Waals surface area contributed by atoms with E-state index >= 15 is 0 Å². The molecule has 2 aromatic carbocycles. The lowest BCUT2D eigenvalue weighted by atomic mass is 10.1. The molecule has 3 aromatic rings. The molecule has 0 unspecified atom stereocenters. The van der Waals surface area contributed by atoms with Crippen LogP contribution in [0.15, 0.2) is 69.3 Å². The molecular formula is C21H22BrN5OS. The molecule has 0 spiro atoms. The zero-order chi connectivity index (χ0) is 20.6. The fraction of sp³-hybridized carbons (Fsp3) is 0.238. The minimum Gasteiger partial charge on any atom is -0.305 e. The number of hydrogen-bond acceptors (Lipinski definition) is 5. The number of rotatable bonds is 8. The Kier molecular flexibility index (Phi) is 7.60. The van der Waals surface area contributed by atoms with Crippen LogP contribution in [0.4, 0.5) is 0 Å². The molecule has 0 saturated carbocycles. The first kappa shape index (κ1) is 21.3. The van der Waals surface area contributed by atoms with Crippen LogP contribution >= 0.6 is 27.7 Å². The second-order valence-corrected chi connectivity index (χ2v) is 8.23. The minimum absolute atomic E-state index is 0.173. The van der Waals surface area contributed by atoms with Crippen LogP contribution in [0, 0.1) is 0 Å². The summed E-state index contributed by atoms with van der Waals surface area (Å²) < 4.78 is 2.89. The lowest BCUT2D eigenvalue weighted by molar-refractivity contribution is -0.118. The highest BCUT2D eigenvalue weighted by Crippen LogP contribution is 2.23. The van der Waals surface area contributed by atoms with Gasteiger partial charge in [0.15, 0.2) is 11.0 Å². The lowest BCUT2D eigenvalue weighted by Gasteiger charge is -2.07. The van der Waals surface area contributed by atoms with Crippen molar-refractivity contribution in [3.63, 3.8) is 0 Å². The third kappa shape index (κ3) is 5.77. The van der Waals surface area contributed by atoms with Crippen LogP contribution in [0.1, 0.15) is 25.3 Å². The van der Waals surface area contributed by atoms with Crippen LogP contribution in [-0.2, 0) is 11.8 Å². The Morgan fingerprint density at radius 1 is 1.14 bits per heavy atom. The van der Waals surface area contributed by atoms with Crippen molar-refractivity contribution in [2.75, 3.05) is 5.75 Å². The number of benzene rings is 2. The van der Waals surface area contributed by atoms with Gasteiger partial charge in [-0.1, -0.05) is 83.5 Å². The maximum Gasteiger partial charge on any atom is 0.250 e. The van der Waals surface area contributed by atoms with E-state index in [1.165, 1.54) is 11.8 Å². The largest absolute Gasteiger partial charge is 0.305 e. The molecular weight excluding hydrogens is 450 g/mol. The summed E-state index contributed by atoms with van der Waals surface area (Å²) in [7, 11) is 1.89. The van der Waals surface area contributed by atoms with Gasteiger partial charge in [-0.25, -0.2) is 5.43 Å². The number of carbonyl (C=O) groups excluding carboxylic acids is 1. The van der Waals surface area contributed by atoms with Gasteiger partial charge in [-0.3, -0.25) is 4.79 Å². The lowest BCUT2D eigenvalue weighted by Crippen LogP contribution is -2.22. The Morgan fingerprint density at radius 3 is 2.55 bits per heavy atom. The van der Waals surface area contributed by atoms with E-state index in [0.717, 1.165) is 40.0 Å². The molecule has 8 heteroatoms. The average Bonchev–Trinajstić information content (AvgIpc) is 3.11. The van der Waals surface area contributed by atoms with Crippen LogP contribution in [0.25, 0.3) is 11.4 Å². The van der Waals surface area contributed by atoms with E-state index in [1.54, 1.807) is 0 Å². The first-order valence-corrected chi connectivity index (χ1v) is 11.0. The summed E-state index contributed by atoms with van der Waals surface area (Å²) in [5, 5.41) is 13.5. The first-order valence-electron chi connectivity index (χ1n) is 9.27. The number of carbonyl (C=O) groups is 1. The molecule has 6 nitrogen and oxygen atoms in total. The quantitative estimate of drug-likeness (QED) is 0.294. The van der Waals surface area contributed by atoms with E-state index in [4.69, 9.17) is 0 Å². The third-order valence-corrected chi connectivity index (χ3v) is 5.73. The van der Waals surface area contributed by atoms with E-state index in [9.17, 15) is 4.79 Å². The van der Waals surface area contributed by atoms with Crippen LogP contribution < -0.4 is 5.43 Å². The number of amides is 1. The van der Waals surface area contributed by atoms with Gasteiger partial charge in [-0.15, -0.1) is 10.2 Å². The molecule has 3 rings (SSSR count). The fourth-order valence-corrected chi connectivity index (χ4v) is 3.68. The molecule has 0 radical (unpaired) electrons. The van der Waals surface area contributed by atoms with E-state index in [-0.39, 0.29) is 11.7 Å². The number of halogens is 1. The Balaban J connectivity index is 1.61. The summed E-state index contributed by atoms with van der Waals surface area (Å²) in [6.45, 7) is 2.09.